The number of ether oxygens (including phenoxy) is 1. The highest BCUT2D eigenvalue weighted by atomic mass is 19.1. The first-order valence-corrected chi connectivity index (χ1v) is 7.93. The molecule has 3 rings (SSSR count). The lowest BCUT2D eigenvalue weighted by Crippen LogP contribution is -2.49. The molecule has 0 aliphatic carbocycles. The molecule has 0 radical (unpaired) electrons. The van der Waals surface area contributed by atoms with Gasteiger partial charge in [0.2, 0.25) is 0 Å². The average molecular weight is 351 g/mol. The van der Waals surface area contributed by atoms with E-state index < -0.39 is 23.7 Å². The normalized spacial score (nSPS) is 20.5. The smallest absolute Gasteiger partial charge is 0.321 e. The van der Waals surface area contributed by atoms with Crippen LogP contribution in [0.2, 0.25) is 0 Å². The van der Waals surface area contributed by atoms with Crippen LogP contribution < -0.4 is 10.2 Å². The van der Waals surface area contributed by atoms with Gasteiger partial charge in [0.1, 0.15) is 5.82 Å². The number of hydrogen-bond donors (Lipinski definition) is 2. The molecule has 1 aromatic rings. The maximum absolute atomic E-state index is 14.2. The van der Waals surface area contributed by atoms with Crippen molar-refractivity contribution in [2.75, 3.05) is 37.7 Å². The molecule has 2 N–H and O–H groups in total. The van der Waals surface area contributed by atoms with Gasteiger partial charge in [-0.05, 0) is 18.2 Å². The molecule has 25 heavy (non-hydrogen) atoms. The van der Waals surface area contributed by atoms with Crippen molar-refractivity contribution >= 4 is 23.6 Å². The number of carbonyl (C=O) groups excluding carboxylic acids is 2. The van der Waals surface area contributed by atoms with Crippen LogP contribution in [0.15, 0.2) is 18.2 Å². The highest BCUT2D eigenvalue weighted by Crippen LogP contribution is 2.23. The van der Waals surface area contributed by atoms with Crippen LogP contribution in [0.25, 0.3) is 0 Å². The van der Waals surface area contributed by atoms with E-state index in [1.807, 2.05) is 0 Å². The third kappa shape index (κ3) is 3.55. The van der Waals surface area contributed by atoms with Crippen LogP contribution in [-0.4, -0.2) is 66.8 Å². The Kier molecular flexibility index (Phi) is 4.84. The van der Waals surface area contributed by atoms with Gasteiger partial charge in [-0.2, -0.15) is 0 Å². The molecule has 2 saturated heterocycles. The van der Waals surface area contributed by atoms with E-state index >= 15 is 0 Å². The number of carbonyl (C=O) groups is 3. The number of rotatable bonds is 4. The Balaban J connectivity index is 1.87. The van der Waals surface area contributed by atoms with Gasteiger partial charge in [0.05, 0.1) is 31.2 Å². The molecule has 2 aliphatic heterocycles. The van der Waals surface area contributed by atoms with E-state index in [0.717, 1.165) is 6.07 Å². The van der Waals surface area contributed by atoms with Gasteiger partial charge in [-0.1, -0.05) is 0 Å². The summed E-state index contributed by atoms with van der Waals surface area (Å²) < 4.78 is 19.5. The van der Waals surface area contributed by atoms with Crippen LogP contribution in [0.3, 0.4) is 0 Å². The number of urea groups is 1. The molecule has 0 spiro atoms. The number of benzene rings is 1. The topological polar surface area (TPSA) is 99.2 Å². The predicted octanol–water partition coefficient (Wildman–Crippen LogP) is 0.671. The van der Waals surface area contributed by atoms with Crippen molar-refractivity contribution < 1.29 is 28.6 Å². The first-order chi connectivity index (χ1) is 12.0. The van der Waals surface area contributed by atoms with E-state index in [1.54, 1.807) is 0 Å². The van der Waals surface area contributed by atoms with E-state index in [9.17, 15) is 18.8 Å². The Morgan fingerprint density at radius 2 is 2.16 bits per heavy atom. The minimum atomic E-state index is -1.06. The third-order valence-electron chi connectivity index (χ3n) is 4.25. The molecular weight excluding hydrogens is 333 g/mol. The molecule has 2 aliphatic rings. The second-order valence-corrected chi connectivity index (χ2v) is 5.87. The zero-order valence-corrected chi connectivity index (χ0v) is 13.4. The summed E-state index contributed by atoms with van der Waals surface area (Å²) >= 11 is 0. The molecule has 3 amide bonds. The standard InChI is InChI=1S/C16H18FN3O5/c17-13-2-1-10(20-4-3-18-16(20)24)7-12(13)15(23)19-5-6-25-9-11(19)8-14(21)22/h1-2,7,11H,3-6,8-9H2,(H,18,24)(H,21,22)/t11-/m1/s1. The fraction of sp³-hybridized carbons (Fsp3) is 0.438. The first kappa shape index (κ1) is 17.2. The zero-order chi connectivity index (χ0) is 18.0. The fourth-order valence-corrected chi connectivity index (χ4v) is 3.01. The van der Waals surface area contributed by atoms with Crippen LogP contribution >= 0.6 is 0 Å². The average Bonchev–Trinajstić information content (AvgIpc) is 3.01. The summed E-state index contributed by atoms with van der Waals surface area (Å²) in [6.07, 6.45) is -0.276. The monoisotopic (exact) mass is 351 g/mol. The molecule has 8 nitrogen and oxygen atoms in total. The number of anilines is 1. The Morgan fingerprint density at radius 1 is 1.36 bits per heavy atom. The number of morpholine rings is 1. The molecule has 1 aromatic carbocycles. The molecule has 0 saturated carbocycles. The molecule has 134 valence electrons. The Morgan fingerprint density at radius 3 is 2.84 bits per heavy atom. The van der Waals surface area contributed by atoms with Crippen molar-refractivity contribution in [3.05, 3.63) is 29.6 Å². The van der Waals surface area contributed by atoms with Crippen molar-refractivity contribution in [1.29, 1.82) is 0 Å². The molecule has 9 heteroatoms. The molecule has 2 fully saturated rings. The largest absolute Gasteiger partial charge is 0.481 e. The molecule has 0 unspecified atom stereocenters. The van der Waals surface area contributed by atoms with Gasteiger partial charge in [-0.3, -0.25) is 14.5 Å². The Hall–Kier alpha value is -2.68. The van der Waals surface area contributed by atoms with Gasteiger partial charge in [0.15, 0.2) is 0 Å². The van der Waals surface area contributed by atoms with Crippen LogP contribution in [0.4, 0.5) is 14.9 Å². The highest BCUT2D eigenvalue weighted by molar-refractivity contribution is 5.99. The lowest BCUT2D eigenvalue weighted by Gasteiger charge is -2.35. The zero-order valence-electron chi connectivity index (χ0n) is 13.4. The van der Waals surface area contributed by atoms with Gasteiger partial charge >= 0.3 is 12.0 Å². The lowest BCUT2D eigenvalue weighted by molar-refractivity contribution is -0.139. The predicted molar refractivity (Wildman–Crippen MR) is 85.0 cm³/mol. The summed E-state index contributed by atoms with van der Waals surface area (Å²) in [6.45, 7) is 1.44. The number of halogens is 1. The molecule has 0 bridgehead atoms. The second kappa shape index (κ2) is 7.06. The molecular formula is C16H18FN3O5. The van der Waals surface area contributed by atoms with Gasteiger partial charge < -0.3 is 20.1 Å². The summed E-state index contributed by atoms with van der Waals surface area (Å²) in [4.78, 5) is 38.3. The second-order valence-electron chi connectivity index (χ2n) is 5.87. The number of amides is 3. The van der Waals surface area contributed by atoms with E-state index in [1.165, 1.54) is 21.9 Å². The van der Waals surface area contributed by atoms with Crippen LogP contribution in [0, 0.1) is 5.82 Å². The maximum atomic E-state index is 14.2. The van der Waals surface area contributed by atoms with Crippen molar-refractivity contribution in [1.82, 2.24) is 10.2 Å². The van der Waals surface area contributed by atoms with Crippen molar-refractivity contribution in [2.45, 2.75) is 12.5 Å². The SMILES string of the molecule is O=C(O)C[C@@H]1COCCN1C(=O)c1cc(N2CCNC2=O)ccc1F. The van der Waals surface area contributed by atoms with Crippen molar-refractivity contribution in [3.63, 3.8) is 0 Å². The molecule has 1 atom stereocenters. The summed E-state index contributed by atoms with van der Waals surface area (Å²) in [5, 5.41) is 11.6. The third-order valence-corrected chi connectivity index (χ3v) is 4.25. The number of nitrogens with one attached hydrogen (secondary N) is 1. The first-order valence-electron chi connectivity index (χ1n) is 7.93. The number of hydrogen-bond acceptors (Lipinski definition) is 4. The summed E-state index contributed by atoms with van der Waals surface area (Å²) in [5.41, 5.74) is 0.234. The summed E-state index contributed by atoms with van der Waals surface area (Å²) in [6, 6.07) is 2.94. The van der Waals surface area contributed by atoms with E-state index in [0.29, 0.717) is 18.8 Å². The highest BCUT2D eigenvalue weighted by Gasteiger charge is 2.32. The number of carboxylic acid groups (broad SMARTS) is 1. The summed E-state index contributed by atoms with van der Waals surface area (Å²) in [5.74, 6) is -2.38. The van der Waals surface area contributed by atoms with Crippen molar-refractivity contribution in [3.8, 4) is 0 Å². The summed E-state index contributed by atoms with van der Waals surface area (Å²) in [7, 11) is 0. The Bertz CT molecular complexity index is 711. The van der Waals surface area contributed by atoms with Gasteiger partial charge in [0, 0.05) is 25.3 Å². The molecule has 2 heterocycles. The quantitative estimate of drug-likeness (QED) is 0.831. The van der Waals surface area contributed by atoms with E-state index in [2.05, 4.69) is 5.32 Å². The Labute approximate surface area is 143 Å². The van der Waals surface area contributed by atoms with Gasteiger partial charge in [0.25, 0.3) is 5.91 Å². The number of aliphatic carboxylic acids is 1. The lowest BCUT2D eigenvalue weighted by atomic mass is 10.1. The fourth-order valence-electron chi connectivity index (χ4n) is 3.01. The minimum Gasteiger partial charge on any atom is -0.481 e. The van der Waals surface area contributed by atoms with Gasteiger partial charge in [-0.15, -0.1) is 0 Å². The minimum absolute atomic E-state index is 0.0912. The number of nitrogens with zero attached hydrogens (tertiary/aromatic N) is 2. The van der Waals surface area contributed by atoms with Crippen LogP contribution in [0.1, 0.15) is 16.8 Å². The van der Waals surface area contributed by atoms with E-state index in [4.69, 9.17) is 9.84 Å². The van der Waals surface area contributed by atoms with Crippen molar-refractivity contribution in [2.24, 2.45) is 0 Å². The molecule has 0 aromatic heterocycles. The number of carboxylic acids is 1. The van der Waals surface area contributed by atoms with Crippen LogP contribution in [-0.2, 0) is 9.53 Å². The maximum Gasteiger partial charge on any atom is 0.321 e. The van der Waals surface area contributed by atoms with E-state index in [-0.39, 0.29) is 37.8 Å². The van der Waals surface area contributed by atoms with Gasteiger partial charge in [-0.25, -0.2) is 9.18 Å². The van der Waals surface area contributed by atoms with Crippen LogP contribution in [0.5, 0.6) is 0 Å².